The minimum Gasteiger partial charge on any atom is -0.384 e. The van der Waals surface area contributed by atoms with Gasteiger partial charge >= 0.3 is 0 Å². The SMILES string of the molecule is CCCCCCC(CC)c1ccc2c(N)nc(N)cc2n1. The number of rotatable bonds is 7. The lowest BCUT2D eigenvalue weighted by Gasteiger charge is -2.15. The largest absolute Gasteiger partial charge is 0.384 e. The van der Waals surface area contributed by atoms with E-state index in [0.29, 0.717) is 17.6 Å². The zero-order valence-corrected chi connectivity index (χ0v) is 13.1. The molecular formula is C17H26N4. The Kier molecular flexibility index (Phi) is 5.37. The number of aromatic nitrogens is 2. The maximum absolute atomic E-state index is 5.90. The molecule has 0 aromatic carbocycles. The third kappa shape index (κ3) is 3.84. The molecule has 0 aliphatic heterocycles. The van der Waals surface area contributed by atoms with E-state index in [0.717, 1.165) is 23.0 Å². The number of pyridine rings is 2. The van der Waals surface area contributed by atoms with E-state index in [2.05, 4.69) is 24.9 Å². The van der Waals surface area contributed by atoms with Gasteiger partial charge in [-0.1, -0.05) is 39.5 Å². The Morgan fingerprint density at radius 3 is 2.57 bits per heavy atom. The average Bonchev–Trinajstić information content (AvgIpc) is 2.46. The summed E-state index contributed by atoms with van der Waals surface area (Å²) in [5.74, 6) is 1.41. The molecule has 0 saturated carbocycles. The van der Waals surface area contributed by atoms with Gasteiger partial charge in [0, 0.05) is 23.1 Å². The summed E-state index contributed by atoms with van der Waals surface area (Å²) in [5.41, 5.74) is 13.7. The van der Waals surface area contributed by atoms with Crippen molar-refractivity contribution in [3.05, 3.63) is 23.9 Å². The Morgan fingerprint density at radius 1 is 1.05 bits per heavy atom. The molecule has 0 amide bonds. The lowest BCUT2D eigenvalue weighted by molar-refractivity contribution is 0.534. The number of unbranched alkanes of at least 4 members (excludes halogenated alkanes) is 3. The average molecular weight is 286 g/mol. The van der Waals surface area contributed by atoms with E-state index >= 15 is 0 Å². The summed E-state index contributed by atoms with van der Waals surface area (Å²) in [7, 11) is 0. The molecule has 4 heteroatoms. The number of fused-ring (bicyclic) bond motifs is 1. The standard InChI is InChI=1S/C17H26N4/c1-3-5-6-7-8-12(4-2)14-10-9-13-15(20-14)11-16(18)21-17(13)19/h9-12H,3-8H2,1-2H3,(H4,18,19,21). The fourth-order valence-corrected chi connectivity index (χ4v) is 2.79. The second-order valence-electron chi connectivity index (χ2n) is 5.69. The summed E-state index contributed by atoms with van der Waals surface area (Å²) in [6, 6.07) is 5.91. The van der Waals surface area contributed by atoms with Crippen LogP contribution in [0.1, 0.15) is 64.0 Å². The summed E-state index contributed by atoms with van der Waals surface area (Å²) in [5, 5.41) is 0.883. The van der Waals surface area contributed by atoms with Gasteiger partial charge in [0.1, 0.15) is 11.6 Å². The highest BCUT2D eigenvalue weighted by Gasteiger charge is 2.12. The van der Waals surface area contributed by atoms with Crippen molar-refractivity contribution in [3.63, 3.8) is 0 Å². The smallest absolute Gasteiger partial charge is 0.135 e. The summed E-state index contributed by atoms with van der Waals surface area (Å²) < 4.78 is 0. The van der Waals surface area contributed by atoms with Gasteiger partial charge in [-0.05, 0) is 25.0 Å². The van der Waals surface area contributed by atoms with Gasteiger partial charge in [-0.15, -0.1) is 0 Å². The van der Waals surface area contributed by atoms with Gasteiger partial charge in [-0.2, -0.15) is 0 Å². The molecule has 2 aromatic rings. The first-order chi connectivity index (χ1) is 10.2. The van der Waals surface area contributed by atoms with Crippen LogP contribution in [0.15, 0.2) is 18.2 Å². The van der Waals surface area contributed by atoms with Crippen LogP contribution in [0.5, 0.6) is 0 Å². The normalized spacial score (nSPS) is 12.7. The maximum Gasteiger partial charge on any atom is 0.135 e. The van der Waals surface area contributed by atoms with E-state index in [1.807, 2.05) is 6.07 Å². The van der Waals surface area contributed by atoms with Crippen molar-refractivity contribution in [2.45, 2.75) is 58.3 Å². The van der Waals surface area contributed by atoms with Crippen LogP contribution in [0.4, 0.5) is 11.6 Å². The molecule has 1 unspecified atom stereocenters. The summed E-state index contributed by atoms with van der Waals surface area (Å²) in [4.78, 5) is 8.85. The number of nitrogens with zero attached hydrogens (tertiary/aromatic N) is 2. The van der Waals surface area contributed by atoms with Crippen LogP contribution >= 0.6 is 0 Å². The van der Waals surface area contributed by atoms with Crippen LogP contribution in [0.3, 0.4) is 0 Å². The fourth-order valence-electron chi connectivity index (χ4n) is 2.79. The lowest BCUT2D eigenvalue weighted by Crippen LogP contribution is -2.03. The van der Waals surface area contributed by atoms with Crippen molar-refractivity contribution in [3.8, 4) is 0 Å². The van der Waals surface area contributed by atoms with Crippen molar-refractivity contribution >= 4 is 22.5 Å². The van der Waals surface area contributed by atoms with E-state index in [1.54, 1.807) is 6.07 Å². The second kappa shape index (κ2) is 7.25. The van der Waals surface area contributed by atoms with Crippen LogP contribution < -0.4 is 11.5 Å². The van der Waals surface area contributed by atoms with Gasteiger partial charge < -0.3 is 11.5 Å². The van der Waals surface area contributed by atoms with E-state index < -0.39 is 0 Å². The van der Waals surface area contributed by atoms with E-state index in [1.165, 1.54) is 32.1 Å². The third-order valence-corrected chi connectivity index (χ3v) is 4.07. The van der Waals surface area contributed by atoms with Gasteiger partial charge in [-0.3, -0.25) is 4.98 Å². The molecule has 2 rings (SSSR count). The Hall–Kier alpha value is -1.84. The second-order valence-corrected chi connectivity index (χ2v) is 5.69. The minimum absolute atomic E-state index is 0.431. The van der Waals surface area contributed by atoms with Crippen molar-refractivity contribution in [2.24, 2.45) is 0 Å². The molecule has 4 N–H and O–H groups in total. The van der Waals surface area contributed by atoms with E-state index in [-0.39, 0.29) is 0 Å². The summed E-state index contributed by atoms with van der Waals surface area (Å²) in [6.45, 7) is 4.47. The Morgan fingerprint density at radius 2 is 1.86 bits per heavy atom. The zero-order chi connectivity index (χ0) is 15.2. The molecule has 4 nitrogen and oxygen atoms in total. The van der Waals surface area contributed by atoms with Gasteiger partial charge in [-0.25, -0.2) is 4.98 Å². The van der Waals surface area contributed by atoms with Crippen LogP contribution in [0.2, 0.25) is 0 Å². The van der Waals surface area contributed by atoms with Crippen LogP contribution in [-0.2, 0) is 0 Å². The Balaban J connectivity index is 2.19. The Labute approximate surface area is 127 Å². The zero-order valence-electron chi connectivity index (χ0n) is 13.1. The van der Waals surface area contributed by atoms with Gasteiger partial charge in [0.25, 0.3) is 0 Å². The molecular weight excluding hydrogens is 260 g/mol. The molecule has 0 fully saturated rings. The highest BCUT2D eigenvalue weighted by molar-refractivity contribution is 5.89. The predicted molar refractivity (Wildman–Crippen MR) is 90.2 cm³/mol. The molecule has 2 heterocycles. The van der Waals surface area contributed by atoms with Crippen LogP contribution in [0, 0.1) is 0 Å². The number of nitrogen functional groups attached to an aromatic ring is 2. The van der Waals surface area contributed by atoms with E-state index in [4.69, 9.17) is 16.5 Å². The number of hydrogen-bond donors (Lipinski definition) is 2. The quantitative estimate of drug-likeness (QED) is 0.745. The van der Waals surface area contributed by atoms with Gasteiger partial charge in [0.05, 0.1) is 5.52 Å². The van der Waals surface area contributed by atoms with E-state index in [9.17, 15) is 0 Å². The maximum atomic E-state index is 5.90. The number of anilines is 2. The van der Waals surface area contributed by atoms with Crippen molar-refractivity contribution in [1.82, 2.24) is 9.97 Å². The molecule has 0 bridgehead atoms. The predicted octanol–water partition coefficient (Wildman–Crippen LogP) is 4.26. The Bertz CT molecular complexity index is 595. The molecule has 21 heavy (non-hydrogen) atoms. The first-order valence-corrected chi connectivity index (χ1v) is 7.98. The number of hydrogen-bond acceptors (Lipinski definition) is 4. The monoisotopic (exact) mass is 286 g/mol. The van der Waals surface area contributed by atoms with Crippen LogP contribution in [-0.4, -0.2) is 9.97 Å². The topological polar surface area (TPSA) is 77.8 Å². The van der Waals surface area contributed by atoms with Crippen molar-refractivity contribution in [2.75, 3.05) is 11.5 Å². The van der Waals surface area contributed by atoms with Crippen molar-refractivity contribution < 1.29 is 0 Å². The molecule has 0 spiro atoms. The van der Waals surface area contributed by atoms with Crippen LogP contribution in [0.25, 0.3) is 10.9 Å². The molecule has 0 radical (unpaired) electrons. The summed E-state index contributed by atoms with van der Waals surface area (Å²) >= 11 is 0. The van der Waals surface area contributed by atoms with Gasteiger partial charge in [0.15, 0.2) is 0 Å². The molecule has 1 atom stereocenters. The molecule has 0 saturated heterocycles. The fraction of sp³-hybridized carbons (Fsp3) is 0.529. The molecule has 0 aliphatic rings. The molecule has 0 aliphatic carbocycles. The first kappa shape index (κ1) is 15.5. The lowest BCUT2D eigenvalue weighted by atomic mass is 9.94. The molecule has 2 aromatic heterocycles. The highest BCUT2D eigenvalue weighted by Crippen LogP contribution is 2.28. The summed E-state index contributed by atoms with van der Waals surface area (Å²) in [6.07, 6.45) is 7.49. The van der Waals surface area contributed by atoms with Crippen molar-refractivity contribution in [1.29, 1.82) is 0 Å². The minimum atomic E-state index is 0.431. The first-order valence-electron chi connectivity index (χ1n) is 7.98. The third-order valence-electron chi connectivity index (χ3n) is 4.07. The van der Waals surface area contributed by atoms with Gasteiger partial charge in [0.2, 0.25) is 0 Å². The number of nitrogens with two attached hydrogens (primary N) is 2. The molecule has 114 valence electrons. The highest BCUT2D eigenvalue weighted by atomic mass is 14.9.